The highest BCUT2D eigenvalue weighted by atomic mass is 32.2. The Balaban J connectivity index is 1.89. The largest absolute Gasteiger partial charge is 0.381 e. The molecular weight excluding hydrogens is 242 g/mol. The number of hydrogen-bond donors (Lipinski definition) is 1. The van der Waals surface area contributed by atoms with Crippen molar-refractivity contribution in [3.63, 3.8) is 0 Å². The smallest absolute Gasteiger partial charge is 0.0476 e. The minimum absolute atomic E-state index is 0.539. The number of ether oxygens (including phenoxy) is 1. The summed E-state index contributed by atoms with van der Waals surface area (Å²) in [5, 5.41) is 4.19. The van der Waals surface area contributed by atoms with Crippen molar-refractivity contribution in [2.75, 3.05) is 13.2 Å². The third kappa shape index (κ3) is 4.63. The van der Waals surface area contributed by atoms with E-state index in [9.17, 15) is 0 Å². The van der Waals surface area contributed by atoms with E-state index in [0.29, 0.717) is 6.04 Å². The molecule has 0 spiro atoms. The number of thioether (sulfide) groups is 1. The second kappa shape index (κ2) is 7.17. The molecule has 1 aliphatic heterocycles. The third-order valence-corrected chi connectivity index (χ3v) is 4.41. The van der Waals surface area contributed by atoms with Crippen molar-refractivity contribution in [3.05, 3.63) is 29.8 Å². The molecule has 2 rings (SSSR count). The van der Waals surface area contributed by atoms with E-state index in [-0.39, 0.29) is 0 Å². The average molecular weight is 265 g/mol. The molecule has 0 radical (unpaired) electrons. The Morgan fingerprint density at radius 1 is 1.33 bits per heavy atom. The van der Waals surface area contributed by atoms with Gasteiger partial charge in [-0.1, -0.05) is 26.0 Å². The lowest BCUT2D eigenvalue weighted by atomic mass is 10.2. The standard InChI is InChI=1S/C15H23NOS/c1-12(2)16-11-13-4-3-5-15(10-13)18-14-6-8-17-9-7-14/h3-5,10,12,14,16H,6-9,11H2,1-2H3. The maximum atomic E-state index is 5.40. The molecule has 2 nitrogen and oxygen atoms in total. The van der Waals surface area contributed by atoms with Crippen LogP contribution in [0.2, 0.25) is 0 Å². The lowest BCUT2D eigenvalue weighted by molar-refractivity contribution is 0.100. The van der Waals surface area contributed by atoms with Crippen molar-refractivity contribution in [1.29, 1.82) is 0 Å². The maximum Gasteiger partial charge on any atom is 0.0476 e. The molecule has 1 aromatic rings. The van der Waals surface area contributed by atoms with Crippen LogP contribution in [0.4, 0.5) is 0 Å². The van der Waals surface area contributed by atoms with Gasteiger partial charge in [-0.05, 0) is 30.5 Å². The maximum absolute atomic E-state index is 5.40. The Hall–Kier alpha value is -0.510. The van der Waals surface area contributed by atoms with Crippen molar-refractivity contribution in [2.45, 2.75) is 49.4 Å². The summed E-state index contributed by atoms with van der Waals surface area (Å²) in [4.78, 5) is 1.39. The fourth-order valence-corrected chi connectivity index (χ4v) is 3.23. The molecular formula is C15H23NOS. The molecule has 0 aromatic heterocycles. The van der Waals surface area contributed by atoms with Crippen LogP contribution >= 0.6 is 11.8 Å². The summed E-state index contributed by atoms with van der Waals surface area (Å²) in [6.07, 6.45) is 2.36. The van der Waals surface area contributed by atoms with Crippen LogP contribution < -0.4 is 5.32 Å². The molecule has 0 amide bonds. The van der Waals surface area contributed by atoms with Crippen LogP contribution in [-0.2, 0) is 11.3 Å². The monoisotopic (exact) mass is 265 g/mol. The van der Waals surface area contributed by atoms with Gasteiger partial charge in [0.05, 0.1) is 0 Å². The molecule has 0 aliphatic carbocycles. The van der Waals surface area contributed by atoms with Crippen LogP contribution in [0.15, 0.2) is 29.2 Å². The Kier molecular flexibility index (Phi) is 5.54. The zero-order valence-electron chi connectivity index (χ0n) is 11.3. The normalized spacial score (nSPS) is 17.3. The van der Waals surface area contributed by atoms with E-state index in [1.807, 2.05) is 11.8 Å². The molecule has 0 saturated carbocycles. The molecule has 3 heteroatoms. The van der Waals surface area contributed by atoms with Crippen molar-refractivity contribution in [2.24, 2.45) is 0 Å². The van der Waals surface area contributed by atoms with Crippen LogP contribution in [0.25, 0.3) is 0 Å². The molecule has 1 saturated heterocycles. The summed E-state index contributed by atoms with van der Waals surface area (Å²) in [5.41, 5.74) is 1.38. The Morgan fingerprint density at radius 3 is 2.83 bits per heavy atom. The Bertz CT molecular complexity index is 361. The van der Waals surface area contributed by atoms with E-state index in [2.05, 4.69) is 43.4 Å². The molecule has 1 aliphatic rings. The van der Waals surface area contributed by atoms with Gasteiger partial charge >= 0.3 is 0 Å². The molecule has 0 bridgehead atoms. The highest BCUT2D eigenvalue weighted by Gasteiger charge is 2.14. The number of nitrogens with one attached hydrogen (secondary N) is 1. The summed E-state index contributed by atoms with van der Waals surface area (Å²) >= 11 is 2.01. The minimum Gasteiger partial charge on any atom is -0.381 e. The third-order valence-electron chi connectivity index (χ3n) is 3.08. The van der Waals surface area contributed by atoms with Crippen LogP contribution in [-0.4, -0.2) is 24.5 Å². The zero-order chi connectivity index (χ0) is 12.8. The first-order valence-electron chi connectivity index (χ1n) is 6.81. The van der Waals surface area contributed by atoms with Gasteiger partial charge in [0, 0.05) is 35.9 Å². The SMILES string of the molecule is CC(C)NCc1cccc(SC2CCOCC2)c1. The summed E-state index contributed by atoms with van der Waals surface area (Å²) in [7, 11) is 0. The second-order valence-electron chi connectivity index (χ2n) is 5.11. The van der Waals surface area contributed by atoms with Crippen molar-refractivity contribution >= 4 is 11.8 Å². The van der Waals surface area contributed by atoms with Crippen LogP contribution in [0.1, 0.15) is 32.3 Å². The van der Waals surface area contributed by atoms with Gasteiger partial charge in [-0.25, -0.2) is 0 Å². The lowest BCUT2D eigenvalue weighted by Crippen LogP contribution is -2.21. The molecule has 0 atom stereocenters. The summed E-state index contributed by atoms with van der Waals surface area (Å²) in [5.74, 6) is 0. The summed E-state index contributed by atoms with van der Waals surface area (Å²) in [6, 6.07) is 9.44. The first kappa shape index (κ1) is 13.9. The quantitative estimate of drug-likeness (QED) is 0.881. The van der Waals surface area contributed by atoms with Crippen molar-refractivity contribution in [1.82, 2.24) is 5.32 Å². The molecule has 100 valence electrons. The van der Waals surface area contributed by atoms with E-state index >= 15 is 0 Å². The van der Waals surface area contributed by atoms with E-state index in [1.165, 1.54) is 23.3 Å². The predicted molar refractivity (Wildman–Crippen MR) is 78.1 cm³/mol. The van der Waals surface area contributed by atoms with Gasteiger partial charge in [0.25, 0.3) is 0 Å². The van der Waals surface area contributed by atoms with Crippen LogP contribution in [0.3, 0.4) is 0 Å². The van der Waals surface area contributed by atoms with E-state index < -0.39 is 0 Å². The van der Waals surface area contributed by atoms with E-state index in [4.69, 9.17) is 4.74 Å². The highest BCUT2D eigenvalue weighted by Crippen LogP contribution is 2.30. The van der Waals surface area contributed by atoms with Gasteiger partial charge < -0.3 is 10.1 Å². The van der Waals surface area contributed by atoms with Crippen LogP contribution in [0.5, 0.6) is 0 Å². The fourth-order valence-electron chi connectivity index (χ4n) is 2.04. The van der Waals surface area contributed by atoms with Gasteiger partial charge in [-0.2, -0.15) is 0 Å². The number of benzene rings is 1. The highest BCUT2D eigenvalue weighted by molar-refractivity contribution is 8.00. The van der Waals surface area contributed by atoms with Gasteiger partial charge in [0.15, 0.2) is 0 Å². The summed E-state index contributed by atoms with van der Waals surface area (Å²) < 4.78 is 5.40. The first-order valence-corrected chi connectivity index (χ1v) is 7.69. The number of rotatable bonds is 5. The minimum atomic E-state index is 0.539. The molecule has 0 unspecified atom stereocenters. The predicted octanol–water partition coefficient (Wildman–Crippen LogP) is 3.46. The van der Waals surface area contributed by atoms with Crippen LogP contribution in [0, 0.1) is 0 Å². The van der Waals surface area contributed by atoms with E-state index in [1.54, 1.807) is 0 Å². The van der Waals surface area contributed by atoms with Crippen molar-refractivity contribution in [3.8, 4) is 0 Å². The van der Waals surface area contributed by atoms with E-state index in [0.717, 1.165) is 25.0 Å². The molecule has 18 heavy (non-hydrogen) atoms. The summed E-state index contributed by atoms with van der Waals surface area (Å²) in [6.45, 7) is 7.17. The molecule has 1 aromatic carbocycles. The average Bonchev–Trinajstić information content (AvgIpc) is 2.38. The molecule has 1 heterocycles. The lowest BCUT2D eigenvalue weighted by Gasteiger charge is -2.21. The van der Waals surface area contributed by atoms with Gasteiger partial charge in [0.1, 0.15) is 0 Å². The second-order valence-corrected chi connectivity index (χ2v) is 6.49. The van der Waals surface area contributed by atoms with Gasteiger partial charge in [-0.15, -0.1) is 11.8 Å². The van der Waals surface area contributed by atoms with Crippen molar-refractivity contribution < 1.29 is 4.74 Å². The Labute approximate surface area is 114 Å². The fraction of sp³-hybridized carbons (Fsp3) is 0.600. The topological polar surface area (TPSA) is 21.3 Å². The van der Waals surface area contributed by atoms with Gasteiger partial charge in [-0.3, -0.25) is 0 Å². The molecule has 1 fully saturated rings. The van der Waals surface area contributed by atoms with Gasteiger partial charge in [0.2, 0.25) is 0 Å². The Morgan fingerprint density at radius 2 is 2.11 bits per heavy atom. The zero-order valence-corrected chi connectivity index (χ0v) is 12.1. The first-order chi connectivity index (χ1) is 8.74. The number of hydrogen-bond acceptors (Lipinski definition) is 3. The molecule has 1 N–H and O–H groups in total.